The Kier molecular flexibility index (Phi) is 5.90. The maximum Gasteiger partial charge on any atom is 0.0464 e. The van der Waals surface area contributed by atoms with E-state index < -0.39 is 0 Å². The second kappa shape index (κ2) is 6.70. The molecule has 0 aromatic rings. The van der Waals surface area contributed by atoms with Gasteiger partial charge in [0, 0.05) is 17.9 Å². The molecule has 0 saturated heterocycles. The summed E-state index contributed by atoms with van der Waals surface area (Å²) in [5.41, 5.74) is 0. The first-order chi connectivity index (χ1) is 6.77. The zero-order chi connectivity index (χ0) is 10.4. The van der Waals surface area contributed by atoms with Crippen molar-refractivity contribution in [1.29, 1.82) is 0 Å². The minimum Gasteiger partial charge on any atom is -0.396 e. The summed E-state index contributed by atoms with van der Waals surface area (Å²) in [7, 11) is 2.07. The van der Waals surface area contributed by atoms with Gasteiger partial charge in [-0.1, -0.05) is 19.8 Å². The van der Waals surface area contributed by atoms with Crippen LogP contribution in [-0.2, 0) is 0 Å². The number of rotatable bonds is 5. The van der Waals surface area contributed by atoms with Crippen molar-refractivity contribution in [2.45, 2.75) is 43.9 Å². The highest BCUT2D eigenvalue weighted by atomic mass is 32.2. The van der Waals surface area contributed by atoms with Gasteiger partial charge in [-0.2, -0.15) is 11.8 Å². The molecule has 0 aromatic heterocycles. The fourth-order valence-electron chi connectivity index (χ4n) is 1.97. The van der Waals surface area contributed by atoms with Crippen LogP contribution in [0.5, 0.6) is 0 Å². The van der Waals surface area contributed by atoms with E-state index in [0.29, 0.717) is 18.6 Å². The Labute approximate surface area is 91.9 Å². The monoisotopic (exact) mass is 217 g/mol. The Morgan fingerprint density at radius 2 is 2.14 bits per heavy atom. The van der Waals surface area contributed by atoms with Crippen molar-refractivity contribution in [2.75, 3.05) is 19.4 Å². The molecule has 3 unspecified atom stereocenters. The smallest absolute Gasteiger partial charge is 0.0464 e. The minimum absolute atomic E-state index is 0.323. The number of nitrogens with one attached hydrogen (secondary N) is 1. The summed E-state index contributed by atoms with van der Waals surface area (Å²) in [5.74, 6) is 1.54. The Morgan fingerprint density at radius 1 is 1.43 bits per heavy atom. The molecule has 1 aliphatic carbocycles. The molecule has 0 heterocycles. The topological polar surface area (TPSA) is 32.3 Å². The van der Waals surface area contributed by atoms with E-state index in [1.807, 2.05) is 11.8 Å². The standard InChI is InChI=1S/C11H23NOS/c1-9(7-13)8-14-11-6-4-3-5-10(11)12-2/h9-13H,3-8H2,1-2H3. The average molecular weight is 217 g/mol. The van der Waals surface area contributed by atoms with Gasteiger partial charge in [0.15, 0.2) is 0 Å². The highest BCUT2D eigenvalue weighted by Crippen LogP contribution is 2.29. The number of thioether (sulfide) groups is 1. The molecule has 1 rings (SSSR count). The van der Waals surface area contributed by atoms with Crippen LogP contribution < -0.4 is 5.32 Å². The van der Waals surface area contributed by atoms with E-state index in [0.717, 1.165) is 11.0 Å². The molecule has 0 radical (unpaired) electrons. The van der Waals surface area contributed by atoms with Gasteiger partial charge in [-0.25, -0.2) is 0 Å². The van der Waals surface area contributed by atoms with Crippen molar-refractivity contribution >= 4 is 11.8 Å². The van der Waals surface area contributed by atoms with Crippen molar-refractivity contribution in [3.8, 4) is 0 Å². The van der Waals surface area contributed by atoms with E-state index in [4.69, 9.17) is 5.11 Å². The second-order valence-corrected chi connectivity index (χ2v) is 5.61. The molecule has 3 heteroatoms. The molecule has 84 valence electrons. The quantitative estimate of drug-likeness (QED) is 0.737. The fourth-order valence-corrected chi connectivity index (χ4v) is 3.49. The van der Waals surface area contributed by atoms with Gasteiger partial charge < -0.3 is 10.4 Å². The Bertz CT molecular complexity index is 154. The maximum atomic E-state index is 8.96. The van der Waals surface area contributed by atoms with Crippen LogP contribution in [0.1, 0.15) is 32.6 Å². The number of hydrogen-bond acceptors (Lipinski definition) is 3. The van der Waals surface area contributed by atoms with E-state index in [1.165, 1.54) is 25.7 Å². The predicted octanol–water partition coefficient (Wildman–Crippen LogP) is 1.88. The summed E-state index contributed by atoms with van der Waals surface area (Å²) in [6.45, 7) is 2.44. The minimum atomic E-state index is 0.323. The van der Waals surface area contributed by atoms with Crippen molar-refractivity contribution in [3.05, 3.63) is 0 Å². The first-order valence-electron chi connectivity index (χ1n) is 5.67. The van der Waals surface area contributed by atoms with Crippen LogP contribution >= 0.6 is 11.8 Å². The van der Waals surface area contributed by atoms with Gasteiger partial charge in [-0.05, 0) is 31.6 Å². The summed E-state index contributed by atoms with van der Waals surface area (Å²) in [5, 5.41) is 13.1. The number of aliphatic hydroxyl groups is 1. The zero-order valence-corrected chi connectivity index (χ0v) is 10.1. The molecular formula is C11H23NOS. The van der Waals surface area contributed by atoms with Crippen LogP contribution in [0.4, 0.5) is 0 Å². The van der Waals surface area contributed by atoms with Crippen LogP contribution in [0, 0.1) is 5.92 Å². The molecule has 14 heavy (non-hydrogen) atoms. The second-order valence-electron chi connectivity index (χ2n) is 4.34. The molecule has 2 N–H and O–H groups in total. The average Bonchev–Trinajstić information content (AvgIpc) is 2.26. The molecule has 0 amide bonds. The SMILES string of the molecule is CNC1CCCCC1SCC(C)CO. The summed E-state index contributed by atoms with van der Waals surface area (Å²) in [6, 6.07) is 0.694. The van der Waals surface area contributed by atoms with Gasteiger partial charge in [0.05, 0.1) is 0 Å². The fraction of sp³-hybridized carbons (Fsp3) is 1.00. The molecule has 1 aliphatic rings. The van der Waals surface area contributed by atoms with E-state index >= 15 is 0 Å². The molecule has 0 bridgehead atoms. The number of hydrogen-bond donors (Lipinski definition) is 2. The molecule has 0 aromatic carbocycles. The molecule has 1 fully saturated rings. The Balaban J connectivity index is 2.26. The van der Waals surface area contributed by atoms with Gasteiger partial charge in [-0.3, -0.25) is 0 Å². The van der Waals surface area contributed by atoms with Crippen LogP contribution in [0.25, 0.3) is 0 Å². The largest absolute Gasteiger partial charge is 0.396 e. The first-order valence-corrected chi connectivity index (χ1v) is 6.72. The highest BCUT2D eigenvalue weighted by molar-refractivity contribution is 7.99. The molecule has 3 atom stereocenters. The highest BCUT2D eigenvalue weighted by Gasteiger charge is 2.24. The van der Waals surface area contributed by atoms with Crippen molar-refractivity contribution in [2.24, 2.45) is 5.92 Å². The lowest BCUT2D eigenvalue weighted by atomic mass is 9.95. The van der Waals surface area contributed by atoms with Crippen LogP contribution in [0.15, 0.2) is 0 Å². The number of aliphatic hydroxyl groups excluding tert-OH is 1. The normalized spacial score (nSPS) is 30.2. The lowest BCUT2D eigenvalue weighted by molar-refractivity contribution is 0.250. The summed E-state index contributed by atoms with van der Waals surface area (Å²) < 4.78 is 0. The van der Waals surface area contributed by atoms with Crippen LogP contribution in [-0.4, -0.2) is 35.8 Å². The van der Waals surface area contributed by atoms with E-state index in [-0.39, 0.29) is 0 Å². The third kappa shape index (κ3) is 3.79. The molecule has 0 spiro atoms. The van der Waals surface area contributed by atoms with Crippen molar-refractivity contribution in [3.63, 3.8) is 0 Å². The lowest BCUT2D eigenvalue weighted by Gasteiger charge is -2.31. The summed E-state index contributed by atoms with van der Waals surface area (Å²) in [4.78, 5) is 0. The third-order valence-corrected chi connectivity index (χ3v) is 4.73. The predicted molar refractivity (Wildman–Crippen MR) is 63.8 cm³/mol. The summed E-state index contributed by atoms with van der Waals surface area (Å²) in [6.07, 6.45) is 5.41. The van der Waals surface area contributed by atoms with Crippen LogP contribution in [0.3, 0.4) is 0 Å². The van der Waals surface area contributed by atoms with E-state index in [2.05, 4.69) is 19.3 Å². The van der Waals surface area contributed by atoms with Gasteiger partial charge >= 0.3 is 0 Å². The maximum absolute atomic E-state index is 8.96. The first kappa shape index (κ1) is 12.3. The lowest BCUT2D eigenvalue weighted by Crippen LogP contribution is -2.38. The third-order valence-electron chi connectivity index (χ3n) is 2.98. The van der Waals surface area contributed by atoms with Crippen LogP contribution in [0.2, 0.25) is 0 Å². The zero-order valence-electron chi connectivity index (χ0n) is 9.33. The molecule has 0 aliphatic heterocycles. The van der Waals surface area contributed by atoms with Gasteiger partial charge in [0.25, 0.3) is 0 Å². The van der Waals surface area contributed by atoms with Gasteiger partial charge in [0.1, 0.15) is 0 Å². The van der Waals surface area contributed by atoms with E-state index in [9.17, 15) is 0 Å². The molecular weight excluding hydrogens is 194 g/mol. The molecule has 2 nitrogen and oxygen atoms in total. The Hall–Kier alpha value is 0.270. The molecule has 1 saturated carbocycles. The van der Waals surface area contributed by atoms with Crippen molar-refractivity contribution in [1.82, 2.24) is 5.32 Å². The van der Waals surface area contributed by atoms with E-state index in [1.54, 1.807) is 0 Å². The van der Waals surface area contributed by atoms with Gasteiger partial charge in [-0.15, -0.1) is 0 Å². The van der Waals surface area contributed by atoms with Gasteiger partial charge in [0.2, 0.25) is 0 Å². The summed E-state index contributed by atoms with van der Waals surface area (Å²) >= 11 is 2.04. The van der Waals surface area contributed by atoms with Crippen molar-refractivity contribution < 1.29 is 5.11 Å². The Morgan fingerprint density at radius 3 is 2.79 bits per heavy atom.